The zero-order chi connectivity index (χ0) is 14.9. The Morgan fingerprint density at radius 1 is 1.10 bits per heavy atom. The average Bonchev–Trinajstić information content (AvgIpc) is 2.80. The molecule has 0 spiro atoms. The molecule has 1 aliphatic heterocycles. The van der Waals surface area contributed by atoms with Gasteiger partial charge in [-0.1, -0.05) is 63.8 Å². The van der Waals surface area contributed by atoms with Gasteiger partial charge in [-0.05, 0) is 25.0 Å². The molecule has 1 saturated carbocycles. The van der Waals surface area contributed by atoms with Gasteiger partial charge < -0.3 is 0 Å². The quantitative estimate of drug-likeness (QED) is 0.496. The summed E-state index contributed by atoms with van der Waals surface area (Å²) < 4.78 is 1.75. The highest BCUT2D eigenvalue weighted by atomic mass is 79.9. The van der Waals surface area contributed by atoms with Crippen molar-refractivity contribution in [3.05, 3.63) is 35.9 Å². The number of nitrogens with zero attached hydrogens (tertiary/aromatic N) is 1. The van der Waals surface area contributed by atoms with Gasteiger partial charge in [-0.15, -0.1) is 0 Å². The van der Waals surface area contributed by atoms with Crippen LogP contribution < -0.4 is 0 Å². The molecule has 1 atom stereocenters. The molecular formula is C17H21BrCl2N+. The Bertz CT molecular complexity index is 521. The second-order valence-corrected chi connectivity index (χ2v) is 8.26. The normalized spacial score (nSPS) is 26.3. The highest BCUT2D eigenvalue weighted by Gasteiger charge is 2.52. The number of halogens is 3. The van der Waals surface area contributed by atoms with Crippen LogP contribution in [0.4, 0.5) is 0 Å². The maximum Gasteiger partial charge on any atom is 0.220 e. The van der Waals surface area contributed by atoms with E-state index < -0.39 is 4.33 Å². The van der Waals surface area contributed by atoms with Gasteiger partial charge in [0.1, 0.15) is 0 Å². The fourth-order valence-corrected chi connectivity index (χ4v) is 5.10. The minimum absolute atomic E-state index is 0.387. The van der Waals surface area contributed by atoms with Crippen LogP contribution in [0.1, 0.15) is 44.1 Å². The number of alkyl halides is 3. The van der Waals surface area contributed by atoms with Crippen molar-refractivity contribution in [3.8, 4) is 0 Å². The molecule has 114 valence electrons. The molecule has 0 amide bonds. The summed E-state index contributed by atoms with van der Waals surface area (Å²) >= 11 is 17.1. The Kier molecular flexibility index (Phi) is 4.97. The molecule has 1 aromatic rings. The monoisotopic (exact) mass is 388 g/mol. The van der Waals surface area contributed by atoms with E-state index >= 15 is 0 Å². The minimum Gasteiger partial charge on any atom is -0.224 e. The van der Waals surface area contributed by atoms with Gasteiger partial charge in [0.15, 0.2) is 12.1 Å². The fourth-order valence-electron chi connectivity index (χ4n) is 3.79. The van der Waals surface area contributed by atoms with Crippen molar-refractivity contribution in [2.24, 2.45) is 0 Å². The highest BCUT2D eigenvalue weighted by molar-refractivity contribution is 9.09. The van der Waals surface area contributed by atoms with Gasteiger partial charge in [-0.2, -0.15) is 0 Å². The van der Waals surface area contributed by atoms with Crippen LogP contribution in [0.2, 0.25) is 0 Å². The zero-order valence-corrected chi connectivity index (χ0v) is 15.2. The van der Waals surface area contributed by atoms with E-state index in [2.05, 4.69) is 44.8 Å². The molecule has 0 radical (unpaired) electrons. The second kappa shape index (κ2) is 6.60. The van der Waals surface area contributed by atoms with E-state index in [9.17, 15) is 0 Å². The Hall–Kier alpha value is -0.0500. The summed E-state index contributed by atoms with van der Waals surface area (Å²) in [5.41, 5.74) is 2.28. The summed E-state index contributed by atoms with van der Waals surface area (Å²) in [5.74, 6) is 0. The van der Waals surface area contributed by atoms with Crippen molar-refractivity contribution in [3.63, 3.8) is 0 Å². The van der Waals surface area contributed by atoms with Crippen molar-refractivity contribution >= 4 is 44.8 Å². The van der Waals surface area contributed by atoms with Gasteiger partial charge in [0.2, 0.25) is 10.0 Å². The molecule has 0 bridgehead atoms. The van der Waals surface area contributed by atoms with Gasteiger partial charge in [-0.25, -0.2) is 4.58 Å². The predicted octanol–water partition coefficient (Wildman–Crippen LogP) is 5.16. The van der Waals surface area contributed by atoms with Crippen LogP contribution in [-0.4, -0.2) is 32.0 Å². The molecule has 3 rings (SSSR count). The number of rotatable bonds is 3. The lowest BCUT2D eigenvalue weighted by Gasteiger charge is -2.23. The van der Waals surface area contributed by atoms with Gasteiger partial charge >= 0.3 is 0 Å². The summed E-state index contributed by atoms with van der Waals surface area (Å²) in [6.45, 7) is 0. The van der Waals surface area contributed by atoms with E-state index in [-0.39, 0.29) is 0 Å². The van der Waals surface area contributed by atoms with Crippen molar-refractivity contribution in [2.75, 3.05) is 5.33 Å². The first-order valence-corrected chi connectivity index (χ1v) is 9.66. The Morgan fingerprint density at radius 3 is 2.38 bits per heavy atom. The first kappa shape index (κ1) is 15.8. The molecule has 1 unspecified atom stereocenters. The predicted molar refractivity (Wildman–Crippen MR) is 94.3 cm³/mol. The Labute approximate surface area is 145 Å². The topological polar surface area (TPSA) is 3.01 Å². The van der Waals surface area contributed by atoms with Crippen molar-refractivity contribution in [1.29, 1.82) is 0 Å². The Morgan fingerprint density at radius 2 is 1.76 bits per heavy atom. The maximum absolute atomic E-state index is 6.72. The molecule has 1 nitrogen and oxygen atoms in total. The Balaban J connectivity index is 2.09. The molecule has 0 aromatic heterocycles. The SMILES string of the molecule is ClC1(Cl)CC(CBr)[N+](C2CCCCC2)=C1c1ccccc1. The van der Waals surface area contributed by atoms with Crippen LogP contribution in [0, 0.1) is 0 Å². The molecule has 21 heavy (non-hydrogen) atoms. The van der Waals surface area contributed by atoms with Crippen molar-refractivity contribution in [2.45, 2.75) is 54.9 Å². The largest absolute Gasteiger partial charge is 0.224 e. The van der Waals surface area contributed by atoms with Crippen molar-refractivity contribution in [1.82, 2.24) is 0 Å². The first-order chi connectivity index (χ1) is 10.1. The lowest BCUT2D eigenvalue weighted by Crippen LogP contribution is -2.38. The van der Waals surface area contributed by atoms with Gasteiger partial charge in [0.25, 0.3) is 0 Å². The minimum atomic E-state index is -0.781. The molecule has 0 N–H and O–H groups in total. The third kappa shape index (κ3) is 3.18. The third-order valence-corrected chi connectivity index (χ3v) is 6.10. The van der Waals surface area contributed by atoms with Crippen LogP contribution in [0.3, 0.4) is 0 Å². The lowest BCUT2D eigenvalue weighted by molar-refractivity contribution is -0.592. The van der Waals surface area contributed by atoms with Crippen molar-refractivity contribution < 1.29 is 4.58 Å². The maximum atomic E-state index is 6.72. The molecule has 1 aromatic carbocycles. The van der Waals surface area contributed by atoms with E-state index in [4.69, 9.17) is 23.2 Å². The first-order valence-electron chi connectivity index (χ1n) is 7.78. The van der Waals surface area contributed by atoms with Gasteiger partial charge in [0.05, 0.1) is 11.8 Å². The molecule has 2 aliphatic rings. The average molecular weight is 390 g/mol. The zero-order valence-electron chi connectivity index (χ0n) is 12.1. The van der Waals surface area contributed by atoms with Crippen LogP contribution in [-0.2, 0) is 0 Å². The van der Waals surface area contributed by atoms with E-state index in [0.717, 1.165) is 23.0 Å². The van der Waals surface area contributed by atoms with Crippen LogP contribution in [0.5, 0.6) is 0 Å². The standard InChI is InChI=1S/C17H21BrCl2N/c18-12-15-11-17(19,20)16(13-7-3-1-4-8-13)21(15)14-9-5-2-6-10-14/h1,3-4,7-8,14-15H,2,5-6,9-12H2/q+1. The van der Waals surface area contributed by atoms with E-state index in [0.29, 0.717) is 12.1 Å². The third-order valence-electron chi connectivity index (χ3n) is 4.68. The highest BCUT2D eigenvalue weighted by Crippen LogP contribution is 2.40. The summed E-state index contributed by atoms with van der Waals surface area (Å²) in [6, 6.07) is 11.4. The van der Waals surface area contributed by atoms with Crippen LogP contribution in [0.15, 0.2) is 30.3 Å². The summed E-state index contributed by atoms with van der Waals surface area (Å²) in [6.07, 6.45) is 7.29. The van der Waals surface area contributed by atoms with Crippen LogP contribution >= 0.6 is 39.1 Å². The fraction of sp³-hybridized carbons (Fsp3) is 0.588. The number of benzene rings is 1. The second-order valence-electron chi connectivity index (χ2n) is 6.13. The van der Waals surface area contributed by atoms with Gasteiger partial charge in [0, 0.05) is 18.4 Å². The lowest BCUT2D eigenvalue weighted by atomic mass is 9.94. The smallest absolute Gasteiger partial charge is 0.220 e. The van der Waals surface area contributed by atoms with E-state index in [1.807, 2.05) is 6.07 Å². The molecule has 0 saturated heterocycles. The van der Waals surface area contributed by atoms with Crippen LogP contribution in [0.25, 0.3) is 0 Å². The number of hydrogen-bond donors (Lipinski definition) is 0. The number of hydrogen-bond acceptors (Lipinski definition) is 0. The summed E-state index contributed by atoms with van der Waals surface area (Å²) in [5, 5.41) is 0.918. The van der Waals surface area contributed by atoms with Gasteiger partial charge in [-0.3, -0.25) is 0 Å². The molecule has 1 heterocycles. The molecule has 4 heteroatoms. The molecular weight excluding hydrogens is 369 g/mol. The molecule has 1 fully saturated rings. The summed E-state index contributed by atoms with van der Waals surface area (Å²) in [4.78, 5) is 0. The molecule has 1 aliphatic carbocycles. The van der Waals surface area contributed by atoms with E-state index in [1.165, 1.54) is 32.1 Å². The van der Waals surface area contributed by atoms with E-state index in [1.54, 1.807) is 0 Å². The summed E-state index contributed by atoms with van der Waals surface area (Å²) in [7, 11) is 0.